The van der Waals surface area contributed by atoms with Gasteiger partial charge < -0.3 is 10.4 Å². The predicted molar refractivity (Wildman–Crippen MR) is 81.6 cm³/mol. The lowest BCUT2D eigenvalue weighted by atomic mass is 10.00. The Morgan fingerprint density at radius 1 is 1.26 bits per heavy atom. The lowest BCUT2D eigenvalue weighted by Crippen LogP contribution is -2.42. The second-order valence-electron chi connectivity index (χ2n) is 6.30. The van der Waals surface area contributed by atoms with Crippen LogP contribution >= 0.6 is 0 Å². The highest BCUT2D eigenvalue weighted by molar-refractivity contribution is 5.87. The highest BCUT2D eigenvalue weighted by Crippen LogP contribution is 2.47. The van der Waals surface area contributed by atoms with Crippen molar-refractivity contribution >= 4 is 11.9 Å². The van der Waals surface area contributed by atoms with Crippen LogP contribution in [0.25, 0.3) is 0 Å². The van der Waals surface area contributed by atoms with Gasteiger partial charge in [-0.15, -0.1) is 0 Å². The van der Waals surface area contributed by atoms with E-state index in [9.17, 15) is 18.4 Å². The van der Waals surface area contributed by atoms with E-state index >= 15 is 0 Å². The number of rotatable bonds is 7. The van der Waals surface area contributed by atoms with Crippen LogP contribution in [0.1, 0.15) is 49.7 Å². The smallest absolute Gasteiger partial charge is 0.326 e. The molecular formula is C17H21F2NO3. The second kappa shape index (κ2) is 7.06. The molecule has 4 nitrogen and oxygen atoms in total. The summed E-state index contributed by atoms with van der Waals surface area (Å²) in [5.41, 5.74) is 2.23. The van der Waals surface area contributed by atoms with Gasteiger partial charge >= 0.3 is 5.97 Å². The van der Waals surface area contributed by atoms with E-state index in [4.69, 9.17) is 5.11 Å². The lowest BCUT2D eigenvalue weighted by molar-refractivity contribution is -0.143. The standard InChI is InChI=1S/C17H21F2NO3/c1-9(2)10-3-5-11(6-4-10)12-7-13(12)16(21)20-14(17(22)23)8-15(18)19/h3-6,9,12-15H,7-8H2,1-2H3,(H,20,21)(H,22,23). The van der Waals surface area contributed by atoms with Gasteiger partial charge in [0.05, 0.1) is 0 Å². The molecule has 0 spiro atoms. The van der Waals surface area contributed by atoms with Crippen LogP contribution in [0.3, 0.4) is 0 Å². The number of hydrogen-bond donors (Lipinski definition) is 2. The largest absolute Gasteiger partial charge is 0.480 e. The molecule has 1 saturated carbocycles. The summed E-state index contributed by atoms with van der Waals surface area (Å²) in [4.78, 5) is 23.0. The van der Waals surface area contributed by atoms with Crippen LogP contribution in [-0.4, -0.2) is 29.5 Å². The van der Waals surface area contributed by atoms with Crippen LogP contribution in [0.4, 0.5) is 8.78 Å². The van der Waals surface area contributed by atoms with Gasteiger partial charge in [0.2, 0.25) is 12.3 Å². The number of benzene rings is 1. The molecule has 2 rings (SSSR count). The SMILES string of the molecule is CC(C)c1ccc(C2CC2C(=O)NC(CC(F)F)C(=O)O)cc1. The summed E-state index contributed by atoms with van der Waals surface area (Å²) >= 11 is 0. The maximum atomic E-state index is 12.3. The van der Waals surface area contributed by atoms with Gasteiger partial charge in [0.25, 0.3) is 0 Å². The molecule has 1 aliphatic carbocycles. The van der Waals surface area contributed by atoms with Gasteiger partial charge in [-0.1, -0.05) is 38.1 Å². The summed E-state index contributed by atoms with van der Waals surface area (Å²) in [5, 5.41) is 11.1. The quantitative estimate of drug-likeness (QED) is 0.809. The Morgan fingerprint density at radius 3 is 2.35 bits per heavy atom. The monoisotopic (exact) mass is 325 g/mol. The normalized spacial score (nSPS) is 21.3. The molecule has 126 valence electrons. The van der Waals surface area contributed by atoms with Gasteiger partial charge in [0.1, 0.15) is 6.04 Å². The average molecular weight is 325 g/mol. The molecule has 1 aliphatic rings. The van der Waals surface area contributed by atoms with Crippen LogP contribution in [0.15, 0.2) is 24.3 Å². The first kappa shape index (κ1) is 17.4. The molecule has 0 aliphatic heterocycles. The third-order valence-corrected chi connectivity index (χ3v) is 4.19. The van der Waals surface area contributed by atoms with Crippen LogP contribution in [0.5, 0.6) is 0 Å². The van der Waals surface area contributed by atoms with Gasteiger partial charge in [-0.25, -0.2) is 13.6 Å². The lowest BCUT2D eigenvalue weighted by Gasteiger charge is -2.14. The van der Waals surface area contributed by atoms with E-state index in [0.717, 1.165) is 5.56 Å². The number of carbonyl (C=O) groups excluding carboxylic acids is 1. The van der Waals surface area contributed by atoms with Crippen molar-refractivity contribution < 1.29 is 23.5 Å². The predicted octanol–water partition coefficient (Wildman–Crippen LogP) is 3.14. The molecule has 0 radical (unpaired) electrons. The van der Waals surface area contributed by atoms with E-state index in [-0.39, 0.29) is 11.8 Å². The molecule has 0 saturated heterocycles. The molecule has 1 amide bonds. The topological polar surface area (TPSA) is 66.4 Å². The molecule has 3 unspecified atom stereocenters. The number of alkyl halides is 2. The van der Waals surface area contributed by atoms with Gasteiger partial charge in [-0.2, -0.15) is 0 Å². The van der Waals surface area contributed by atoms with Crippen molar-refractivity contribution in [1.82, 2.24) is 5.32 Å². The van der Waals surface area contributed by atoms with E-state index in [2.05, 4.69) is 19.2 Å². The van der Waals surface area contributed by atoms with Crippen molar-refractivity contribution in [3.05, 3.63) is 35.4 Å². The zero-order valence-electron chi connectivity index (χ0n) is 13.1. The molecule has 2 N–H and O–H groups in total. The molecule has 0 aromatic heterocycles. The second-order valence-corrected chi connectivity index (χ2v) is 6.30. The molecule has 1 fully saturated rings. The van der Waals surface area contributed by atoms with E-state index in [1.807, 2.05) is 24.3 Å². The summed E-state index contributed by atoms with van der Waals surface area (Å²) in [6, 6.07) is 6.45. The van der Waals surface area contributed by atoms with Crippen LogP contribution in [0.2, 0.25) is 0 Å². The minimum atomic E-state index is -2.77. The Hall–Kier alpha value is -1.98. The summed E-state index contributed by atoms with van der Waals surface area (Å²) in [5.74, 6) is -1.77. The number of hydrogen-bond acceptors (Lipinski definition) is 2. The minimum absolute atomic E-state index is 0.0391. The van der Waals surface area contributed by atoms with Crippen molar-refractivity contribution in [2.24, 2.45) is 5.92 Å². The molecule has 23 heavy (non-hydrogen) atoms. The fourth-order valence-corrected chi connectivity index (χ4v) is 2.66. The fourth-order valence-electron chi connectivity index (χ4n) is 2.66. The zero-order valence-corrected chi connectivity index (χ0v) is 13.1. The number of carbonyl (C=O) groups is 2. The Morgan fingerprint density at radius 2 is 1.87 bits per heavy atom. The molecule has 0 bridgehead atoms. The Labute approximate surface area is 133 Å². The van der Waals surface area contributed by atoms with Gasteiger partial charge in [-0.05, 0) is 29.4 Å². The number of carboxylic acid groups (broad SMARTS) is 1. The number of halogens is 2. The molecule has 1 aromatic rings. The first-order chi connectivity index (χ1) is 10.8. The Kier molecular flexibility index (Phi) is 5.34. The first-order valence-electron chi connectivity index (χ1n) is 7.70. The summed E-state index contributed by atoms with van der Waals surface area (Å²) in [6.07, 6.45) is -3.02. The molecule has 0 heterocycles. The molecule has 1 aromatic carbocycles. The third-order valence-electron chi connectivity index (χ3n) is 4.19. The minimum Gasteiger partial charge on any atom is -0.480 e. The van der Waals surface area contributed by atoms with E-state index in [1.54, 1.807) is 0 Å². The summed E-state index contributed by atoms with van der Waals surface area (Å²) < 4.78 is 24.7. The number of aliphatic carboxylic acids is 1. The van der Waals surface area contributed by atoms with Crippen molar-refractivity contribution in [1.29, 1.82) is 0 Å². The Bertz CT molecular complexity index is 572. The van der Waals surface area contributed by atoms with Gasteiger partial charge in [0.15, 0.2) is 0 Å². The van der Waals surface area contributed by atoms with Crippen molar-refractivity contribution in [3.8, 4) is 0 Å². The van der Waals surface area contributed by atoms with Crippen LogP contribution < -0.4 is 5.32 Å². The van der Waals surface area contributed by atoms with Gasteiger partial charge in [0, 0.05) is 12.3 Å². The van der Waals surface area contributed by atoms with E-state index in [0.29, 0.717) is 12.3 Å². The maximum Gasteiger partial charge on any atom is 0.326 e. The first-order valence-corrected chi connectivity index (χ1v) is 7.70. The Balaban J connectivity index is 1.94. The van der Waals surface area contributed by atoms with Crippen LogP contribution in [-0.2, 0) is 9.59 Å². The van der Waals surface area contributed by atoms with Gasteiger partial charge in [-0.3, -0.25) is 4.79 Å². The third kappa shape index (κ3) is 4.50. The highest BCUT2D eigenvalue weighted by atomic mass is 19.3. The number of amides is 1. The van der Waals surface area contributed by atoms with Crippen molar-refractivity contribution in [3.63, 3.8) is 0 Å². The molecular weight excluding hydrogens is 304 g/mol. The van der Waals surface area contributed by atoms with E-state index in [1.165, 1.54) is 5.56 Å². The van der Waals surface area contributed by atoms with E-state index < -0.39 is 30.8 Å². The zero-order chi connectivity index (χ0) is 17.1. The molecule has 6 heteroatoms. The van der Waals surface area contributed by atoms with Crippen LogP contribution in [0, 0.1) is 5.92 Å². The average Bonchev–Trinajstić information content (AvgIpc) is 3.26. The summed E-state index contributed by atoms with van der Waals surface area (Å²) in [6.45, 7) is 4.19. The van der Waals surface area contributed by atoms with Crippen molar-refractivity contribution in [2.75, 3.05) is 0 Å². The summed E-state index contributed by atoms with van der Waals surface area (Å²) in [7, 11) is 0. The number of carboxylic acids is 1. The number of nitrogens with one attached hydrogen (secondary N) is 1. The van der Waals surface area contributed by atoms with Crippen molar-refractivity contribution in [2.45, 2.75) is 51.0 Å². The molecule has 3 atom stereocenters. The maximum absolute atomic E-state index is 12.3. The fraction of sp³-hybridized carbons (Fsp3) is 0.529. The highest BCUT2D eigenvalue weighted by Gasteiger charge is 2.45.